The Morgan fingerprint density at radius 1 is 1.33 bits per heavy atom. The highest BCUT2D eigenvalue weighted by Gasteiger charge is 2.30. The average Bonchev–Trinajstić information content (AvgIpc) is 2.28. The zero-order valence-electron chi connectivity index (χ0n) is 10.4. The van der Waals surface area contributed by atoms with E-state index in [2.05, 4.69) is 5.92 Å². The predicted octanol–water partition coefficient (Wildman–Crippen LogP) is 0.828. The third kappa shape index (κ3) is 4.60. The molecule has 5 nitrogen and oxygen atoms in total. The van der Waals surface area contributed by atoms with Crippen molar-refractivity contribution in [3.8, 4) is 12.3 Å². The molecule has 0 aromatic heterocycles. The molecule has 0 aromatic rings. The van der Waals surface area contributed by atoms with Crippen LogP contribution in [-0.2, 0) is 23.8 Å². The van der Waals surface area contributed by atoms with Gasteiger partial charge in [-0.15, -0.1) is 12.3 Å². The number of hydrogen-bond acceptors (Lipinski definition) is 5. The van der Waals surface area contributed by atoms with E-state index in [1.165, 1.54) is 13.8 Å². The van der Waals surface area contributed by atoms with Crippen molar-refractivity contribution in [1.82, 2.24) is 0 Å². The van der Waals surface area contributed by atoms with Crippen molar-refractivity contribution in [2.45, 2.75) is 38.6 Å². The van der Waals surface area contributed by atoms with Crippen molar-refractivity contribution >= 4 is 11.9 Å². The van der Waals surface area contributed by atoms with Crippen LogP contribution in [0, 0.1) is 12.3 Å². The molecule has 0 saturated heterocycles. The molecular formula is C13H16O5. The molecule has 0 unspecified atom stereocenters. The Morgan fingerprint density at radius 2 is 2.06 bits per heavy atom. The van der Waals surface area contributed by atoms with Crippen LogP contribution >= 0.6 is 0 Å². The van der Waals surface area contributed by atoms with Crippen LogP contribution in [0.15, 0.2) is 12.2 Å². The molecule has 0 aromatic carbocycles. The normalized spacial score (nSPS) is 26.2. The Balaban J connectivity index is 2.66. The summed E-state index contributed by atoms with van der Waals surface area (Å²) in [5, 5.41) is 0. The summed E-state index contributed by atoms with van der Waals surface area (Å²) in [5.41, 5.74) is 0. The lowest BCUT2D eigenvalue weighted by molar-refractivity contribution is -0.163. The van der Waals surface area contributed by atoms with Crippen LogP contribution in [-0.4, -0.2) is 36.9 Å². The van der Waals surface area contributed by atoms with E-state index >= 15 is 0 Å². The van der Waals surface area contributed by atoms with E-state index in [1.54, 1.807) is 12.2 Å². The zero-order valence-corrected chi connectivity index (χ0v) is 10.4. The Labute approximate surface area is 106 Å². The minimum atomic E-state index is -0.559. The van der Waals surface area contributed by atoms with Gasteiger partial charge in [-0.25, -0.2) is 0 Å². The van der Waals surface area contributed by atoms with Gasteiger partial charge in [0, 0.05) is 20.3 Å². The lowest BCUT2D eigenvalue weighted by Gasteiger charge is -2.30. The highest BCUT2D eigenvalue weighted by Crippen LogP contribution is 2.18. The van der Waals surface area contributed by atoms with Gasteiger partial charge in [-0.1, -0.05) is 6.08 Å². The maximum Gasteiger partial charge on any atom is 0.303 e. The second kappa shape index (κ2) is 6.82. The van der Waals surface area contributed by atoms with Gasteiger partial charge >= 0.3 is 11.9 Å². The van der Waals surface area contributed by atoms with Crippen LogP contribution < -0.4 is 0 Å². The maximum absolute atomic E-state index is 11.0. The summed E-state index contributed by atoms with van der Waals surface area (Å²) in [5.74, 6) is 1.65. The van der Waals surface area contributed by atoms with E-state index in [1.807, 2.05) is 0 Å². The molecule has 0 bridgehead atoms. The number of esters is 2. The molecule has 0 N–H and O–H groups in total. The predicted molar refractivity (Wildman–Crippen MR) is 63.4 cm³/mol. The van der Waals surface area contributed by atoms with E-state index in [9.17, 15) is 9.59 Å². The Morgan fingerprint density at radius 3 is 2.61 bits per heavy atom. The maximum atomic E-state index is 11.0. The van der Waals surface area contributed by atoms with Gasteiger partial charge in [0.1, 0.15) is 18.8 Å². The Hall–Kier alpha value is -1.80. The van der Waals surface area contributed by atoms with Gasteiger partial charge in [0.05, 0.1) is 6.10 Å². The summed E-state index contributed by atoms with van der Waals surface area (Å²) in [4.78, 5) is 21.7. The molecule has 18 heavy (non-hydrogen) atoms. The molecule has 0 aliphatic carbocycles. The van der Waals surface area contributed by atoms with Crippen molar-refractivity contribution in [3.63, 3.8) is 0 Å². The van der Waals surface area contributed by atoms with Gasteiger partial charge in [0.2, 0.25) is 0 Å². The summed E-state index contributed by atoms with van der Waals surface area (Å²) in [6, 6.07) is 0. The molecule has 0 radical (unpaired) electrons. The largest absolute Gasteiger partial charge is 0.463 e. The molecule has 0 amide bonds. The van der Waals surface area contributed by atoms with Crippen LogP contribution in [0.3, 0.4) is 0 Å². The molecule has 0 spiro atoms. The minimum Gasteiger partial charge on any atom is -0.463 e. The summed E-state index contributed by atoms with van der Waals surface area (Å²) in [6.45, 7) is 2.64. The Bertz CT molecular complexity index is 379. The fraction of sp³-hybridized carbons (Fsp3) is 0.538. The fourth-order valence-electron chi connectivity index (χ4n) is 1.58. The van der Waals surface area contributed by atoms with Crippen molar-refractivity contribution in [2.24, 2.45) is 0 Å². The second-order valence-electron chi connectivity index (χ2n) is 3.88. The fourth-order valence-corrected chi connectivity index (χ4v) is 1.58. The summed E-state index contributed by atoms with van der Waals surface area (Å²) in [6.07, 6.45) is 7.75. The molecule has 1 aliphatic rings. The number of hydrogen-bond donors (Lipinski definition) is 0. The summed E-state index contributed by atoms with van der Waals surface area (Å²) < 4.78 is 15.6. The minimum absolute atomic E-state index is 0.0265. The molecule has 1 heterocycles. The van der Waals surface area contributed by atoms with Crippen LogP contribution in [0.5, 0.6) is 0 Å². The van der Waals surface area contributed by atoms with Gasteiger partial charge in [-0.05, 0) is 6.08 Å². The second-order valence-corrected chi connectivity index (χ2v) is 3.88. The Kier molecular flexibility index (Phi) is 5.40. The standard InChI is InChI=1S/C13H16O5/c1-4-5-11-6-7-12(17-10(3)15)13(18-11)8-16-9(2)14/h1,6-7,11-13H,5,8H2,2-3H3/t11-,12-,13-/m1/s1. The van der Waals surface area contributed by atoms with Crippen molar-refractivity contribution in [2.75, 3.05) is 6.61 Å². The quantitative estimate of drug-likeness (QED) is 0.421. The molecule has 3 atom stereocenters. The third-order valence-corrected chi connectivity index (χ3v) is 2.30. The molecule has 0 saturated carbocycles. The highest BCUT2D eigenvalue weighted by atomic mass is 16.6. The third-order valence-electron chi connectivity index (χ3n) is 2.30. The lowest BCUT2D eigenvalue weighted by atomic mass is 10.1. The first-order valence-electron chi connectivity index (χ1n) is 5.60. The topological polar surface area (TPSA) is 61.8 Å². The number of rotatable bonds is 4. The number of ether oxygens (including phenoxy) is 3. The van der Waals surface area contributed by atoms with E-state index in [-0.39, 0.29) is 12.7 Å². The molecule has 98 valence electrons. The first kappa shape index (κ1) is 14.3. The van der Waals surface area contributed by atoms with E-state index < -0.39 is 24.1 Å². The smallest absolute Gasteiger partial charge is 0.303 e. The van der Waals surface area contributed by atoms with Crippen LogP contribution in [0.25, 0.3) is 0 Å². The van der Waals surface area contributed by atoms with Crippen LogP contribution in [0.2, 0.25) is 0 Å². The molecule has 5 heteroatoms. The number of carbonyl (C=O) groups excluding carboxylic acids is 2. The van der Waals surface area contributed by atoms with Crippen molar-refractivity contribution in [3.05, 3.63) is 12.2 Å². The zero-order chi connectivity index (χ0) is 13.5. The van der Waals surface area contributed by atoms with Gasteiger partial charge in [-0.2, -0.15) is 0 Å². The summed E-state index contributed by atoms with van der Waals surface area (Å²) >= 11 is 0. The van der Waals surface area contributed by atoms with E-state index in [0.717, 1.165) is 0 Å². The number of carbonyl (C=O) groups is 2. The SMILES string of the molecule is C#CC[C@@H]1C=C[C@@H](OC(C)=O)[C@@H](COC(C)=O)O1. The van der Waals surface area contributed by atoms with Gasteiger partial charge < -0.3 is 14.2 Å². The van der Waals surface area contributed by atoms with E-state index in [0.29, 0.717) is 6.42 Å². The first-order valence-corrected chi connectivity index (χ1v) is 5.60. The van der Waals surface area contributed by atoms with Crippen molar-refractivity contribution in [1.29, 1.82) is 0 Å². The first-order chi connectivity index (χ1) is 8.52. The average molecular weight is 252 g/mol. The van der Waals surface area contributed by atoms with Gasteiger partial charge in [-0.3, -0.25) is 9.59 Å². The van der Waals surface area contributed by atoms with Crippen LogP contribution in [0.4, 0.5) is 0 Å². The lowest BCUT2D eigenvalue weighted by Crippen LogP contribution is -2.41. The van der Waals surface area contributed by atoms with E-state index in [4.69, 9.17) is 20.6 Å². The van der Waals surface area contributed by atoms with Crippen molar-refractivity contribution < 1.29 is 23.8 Å². The molecular weight excluding hydrogens is 236 g/mol. The molecule has 0 fully saturated rings. The summed E-state index contributed by atoms with van der Waals surface area (Å²) in [7, 11) is 0. The van der Waals surface area contributed by atoms with Gasteiger partial charge in [0.15, 0.2) is 0 Å². The monoisotopic (exact) mass is 252 g/mol. The van der Waals surface area contributed by atoms with Crippen LogP contribution in [0.1, 0.15) is 20.3 Å². The number of terminal acetylenes is 1. The molecule has 1 rings (SSSR count). The molecule has 1 aliphatic heterocycles. The highest BCUT2D eigenvalue weighted by molar-refractivity contribution is 5.66. The van der Waals surface area contributed by atoms with Gasteiger partial charge in [0.25, 0.3) is 0 Å².